The Balaban J connectivity index is 1.87. The second-order valence-corrected chi connectivity index (χ2v) is 7.86. The molecule has 1 aliphatic rings. The van der Waals surface area contributed by atoms with Crippen molar-refractivity contribution in [2.24, 2.45) is 5.92 Å². The van der Waals surface area contributed by atoms with Gasteiger partial charge >= 0.3 is 0 Å². The van der Waals surface area contributed by atoms with Crippen molar-refractivity contribution in [1.82, 2.24) is 15.5 Å². The number of carbonyl (C=O) groups excluding carboxylic acids is 3. The Hall–Kier alpha value is -2.96. The number of amides is 3. The Bertz CT molecular complexity index is 782. The molecule has 0 aliphatic carbocycles. The smallest absolute Gasteiger partial charge is 0.251 e. The molecule has 9 nitrogen and oxygen atoms in total. The summed E-state index contributed by atoms with van der Waals surface area (Å²) in [5.41, 5.74) is 0.988. The molecule has 1 saturated heterocycles. The monoisotopic (exact) mass is 429 g/mol. The van der Waals surface area contributed by atoms with E-state index in [1.807, 2.05) is 19.9 Å². The number of ether oxygens (including phenoxy) is 1. The van der Waals surface area contributed by atoms with Gasteiger partial charge in [-0.05, 0) is 36.6 Å². The molecule has 1 aromatic carbocycles. The van der Waals surface area contributed by atoms with Gasteiger partial charge in [0.2, 0.25) is 11.8 Å². The molecular formula is C22H31N5O4. The zero-order valence-corrected chi connectivity index (χ0v) is 18.1. The van der Waals surface area contributed by atoms with Crippen molar-refractivity contribution >= 4 is 23.4 Å². The number of morpholine rings is 1. The first-order valence-corrected chi connectivity index (χ1v) is 10.5. The van der Waals surface area contributed by atoms with Crippen LogP contribution in [0.25, 0.3) is 0 Å². The van der Waals surface area contributed by atoms with Crippen molar-refractivity contribution in [1.29, 1.82) is 5.26 Å². The molecule has 0 spiro atoms. The third-order valence-electron chi connectivity index (χ3n) is 4.86. The maximum absolute atomic E-state index is 12.6. The number of anilines is 1. The number of carbonyl (C=O) groups is 3. The minimum absolute atomic E-state index is 0.0881. The fraction of sp³-hybridized carbons (Fsp3) is 0.545. The number of benzene rings is 1. The van der Waals surface area contributed by atoms with Gasteiger partial charge in [-0.25, -0.2) is 0 Å². The number of nitrogens with zero attached hydrogens (tertiary/aromatic N) is 2. The summed E-state index contributed by atoms with van der Waals surface area (Å²) in [4.78, 5) is 39.1. The fourth-order valence-electron chi connectivity index (χ4n) is 3.21. The minimum Gasteiger partial charge on any atom is -0.379 e. The zero-order valence-electron chi connectivity index (χ0n) is 18.1. The summed E-state index contributed by atoms with van der Waals surface area (Å²) in [5, 5.41) is 16.7. The molecule has 3 N–H and O–H groups in total. The van der Waals surface area contributed by atoms with Crippen molar-refractivity contribution in [3.8, 4) is 6.07 Å². The maximum atomic E-state index is 12.6. The van der Waals surface area contributed by atoms with Crippen LogP contribution in [0, 0.1) is 17.2 Å². The van der Waals surface area contributed by atoms with E-state index in [-0.39, 0.29) is 30.2 Å². The number of hydrogen-bond donors (Lipinski definition) is 3. The standard InChI is InChI=1S/C22H31N5O4/c1-16(2)15-19(22(30)24-9-8-23)26-21(29)17-3-5-18(6-4-17)25-20(28)7-10-27-11-13-31-14-12-27/h3-6,16,19H,7,9-15H2,1-2H3,(H,24,30)(H,25,28)(H,26,29)/t19-/m0/s1. The molecule has 1 atom stereocenters. The number of nitrogens with one attached hydrogen (secondary N) is 3. The van der Waals surface area contributed by atoms with Crippen LogP contribution in [0.2, 0.25) is 0 Å². The lowest BCUT2D eigenvalue weighted by Gasteiger charge is -2.26. The summed E-state index contributed by atoms with van der Waals surface area (Å²) in [5.74, 6) is -0.668. The van der Waals surface area contributed by atoms with Crippen LogP contribution in [0.1, 0.15) is 37.0 Å². The van der Waals surface area contributed by atoms with Crippen LogP contribution in [-0.2, 0) is 14.3 Å². The van der Waals surface area contributed by atoms with Crippen molar-refractivity contribution < 1.29 is 19.1 Å². The first-order valence-electron chi connectivity index (χ1n) is 10.5. The van der Waals surface area contributed by atoms with E-state index in [4.69, 9.17) is 10.00 Å². The van der Waals surface area contributed by atoms with E-state index in [1.165, 1.54) is 0 Å². The van der Waals surface area contributed by atoms with E-state index in [1.54, 1.807) is 24.3 Å². The first-order chi connectivity index (χ1) is 14.9. The Kier molecular flexibility index (Phi) is 9.94. The summed E-state index contributed by atoms with van der Waals surface area (Å²) in [6.07, 6.45) is 0.844. The van der Waals surface area contributed by atoms with Crippen LogP contribution < -0.4 is 16.0 Å². The summed E-state index contributed by atoms with van der Waals surface area (Å²) >= 11 is 0. The highest BCUT2D eigenvalue weighted by molar-refractivity contribution is 5.98. The third kappa shape index (κ3) is 8.74. The lowest BCUT2D eigenvalue weighted by molar-refractivity contribution is -0.123. The lowest BCUT2D eigenvalue weighted by atomic mass is 10.0. The Morgan fingerprint density at radius 1 is 1.16 bits per heavy atom. The second-order valence-electron chi connectivity index (χ2n) is 7.86. The molecule has 1 aliphatic heterocycles. The summed E-state index contributed by atoms with van der Waals surface area (Å²) in [7, 11) is 0. The van der Waals surface area contributed by atoms with Crippen LogP contribution in [0.15, 0.2) is 24.3 Å². The van der Waals surface area contributed by atoms with Crippen LogP contribution >= 0.6 is 0 Å². The molecule has 1 aromatic rings. The van der Waals surface area contributed by atoms with Gasteiger partial charge < -0.3 is 20.7 Å². The van der Waals surface area contributed by atoms with E-state index in [2.05, 4.69) is 20.9 Å². The predicted octanol–water partition coefficient (Wildman–Crippen LogP) is 1.13. The van der Waals surface area contributed by atoms with E-state index >= 15 is 0 Å². The van der Waals surface area contributed by atoms with Crippen LogP contribution in [-0.4, -0.2) is 68.1 Å². The van der Waals surface area contributed by atoms with Gasteiger partial charge in [0.05, 0.1) is 19.3 Å². The quantitative estimate of drug-likeness (QED) is 0.479. The molecular weight excluding hydrogens is 398 g/mol. The third-order valence-corrected chi connectivity index (χ3v) is 4.86. The van der Waals surface area contributed by atoms with E-state index in [0.717, 1.165) is 13.1 Å². The van der Waals surface area contributed by atoms with Crippen molar-refractivity contribution in [3.63, 3.8) is 0 Å². The second kappa shape index (κ2) is 12.7. The Morgan fingerprint density at radius 2 is 1.84 bits per heavy atom. The molecule has 9 heteroatoms. The Labute approximate surface area is 183 Å². The topological polar surface area (TPSA) is 124 Å². The summed E-state index contributed by atoms with van der Waals surface area (Å²) < 4.78 is 5.30. The van der Waals surface area contributed by atoms with Gasteiger partial charge in [0.15, 0.2) is 0 Å². The molecule has 1 fully saturated rings. The fourth-order valence-corrected chi connectivity index (χ4v) is 3.21. The van der Waals surface area contributed by atoms with Gasteiger partial charge in [0.25, 0.3) is 5.91 Å². The summed E-state index contributed by atoms with van der Waals surface area (Å²) in [6.45, 7) is 7.55. The zero-order chi connectivity index (χ0) is 22.6. The predicted molar refractivity (Wildman–Crippen MR) is 116 cm³/mol. The van der Waals surface area contributed by atoms with Gasteiger partial charge in [-0.15, -0.1) is 0 Å². The van der Waals surface area contributed by atoms with Crippen molar-refractivity contribution in [3.05, 3.63) is 29.8 Å². The van der Waals surface area contributed by atoms with Gasteiger partial charge in [0, 0.05) is 37.3 Å². The van der Waals surface area contributed by atoms with Gasteiger partial charge in [-0.1, -0.05) is 13.8 Å². The number of nitriles is 1. The normalized spacial score (nSPS) is 15.0. The van der Waals surface area contributed by atoms with Crippen molar-refractivity contribution in [2.75, 3.05) is 44.7 Å². The largest absolute Gasteiger partial charge is 0.379 e. The minimum atomic E-state index is -0.722. The molecule has 0 radical (unpaired) electrons. The Morgan fingerprint density at radius 3 is 2.45 bits per heavy atom. The molecule has 0 unspecified atom stereocenters. The molecule has 3 amide bonds. The maximum Gasteiger partial charge on any atom is 0.251 e. The van der Waals surface area contributed by atoms with Gasteiger partial charge in [-0.3, -0.25) is 19.3 Å². The molecule has 0 bridgehead atoms. The SMILES string of the molecule is CC(C)C[C@H](NC(=O)c1ccc(NC(=O)CCN2CCOCC2)cc1)C(=O)NCC#N. The molecule has 31 heavy (non-hydrogen) atoms. The number of hydrogen-bond acceptors (Lipinski definition) is 6. The van der Waals surface area contributed by atoms with Crippen LogP contribution in [0.4, 0.5) is 5.69 Å². The highest BCUT2D eigenvalue weighted by Gasteiger charge is 2.22. The highest BCUT2D eigenvalue weighted by Crippen LogP contribution is 2.12. The van der Waals surface area contributed by atoms with E-state index in [9.17, 15) is 14.4 Å². The molecule has 0 saturated carbocycles. The van der Waals surface area contributed by atoms with Gasteiger partial charge in [0.1, 0.15) is 12.6 Å². The molecule has 0 aromatic heterocycles. The van der Waals surface area contributed by atoms with Crippen LogP contribution in [0.3, 0.4) is 0 Å². The number of rotatable bonds is 10. The van der Waals surface area contributed by atoms with E-state index in [0.29, 0.717) is 43.9 Å². The lowest BCUT2D eigenvalue weighted by Crippen LogP contribution is -2.47. The van der Waals surface area contributed by atoms with E-state index < -0.39 is 6.04 Å². The highest BCUT2D eigenvalue weighted by atomic mass is 16.5. The average Bonchev–Trinajstić information content (AvgIpc) is 2.76. The molecule has 1 heterocycles. The van der Waals surface area contributed by atoms with Crippen molar-refractivity contribution in [2.45, 2.75) is 32.7 Å². The summed E-state index contributed by atoms with van der Waals surface area (Å²) in [6, 6.07) is 7.66. The average molecular weight is 430 g/mol. The first kappa shape index (κ1) is 24.3. The molecule has 168 valence electrons. The van der Waals surface area contributed by atoms with Crippen LogP contribution in [0.5, 0.6) is 0 Å². The molecule has 2 rings (SSSR count). The van der Waals surface area contributed by atoms with Gasteiger partial charge in [-0.2, -0.15) is 5.26 Å².